The Bertz CT molecular complexity index is 221. The Balaban J connectivity index is 2.01. The summed E-state index contributed by atoms with van der Waals surface area (Å²) in [5, 5.41) is 0. The van der Waals surface area contributed by atoms with Crippen LogP contribution >= 0.6 is 0 Å². The largest absolute Gasteiger partial charge is 0.306 e. The molecule has 13 heavy (non-hydrogen) atoms. The monoisotopic (exact) mass is 180 g/mol. The molecule has 2 aliphatic rings. The van der Waals surface area contributed by atoms with E-state index in [1.807, 2.05) is 0 Å². The topological polar surface area (TPSA) is 32.7 Å². The summed E-state index contributed by atoms with van der Waals surface area (Å²) in [6, 6.07) is 0. The lowest BCUT2D eigenvalue weighted by molar-refractivity contribution is 0.138. The van der Waals surface area contributed by atoms with E-state index in [2.05, 4.69) is 16.9 Å². The van der Waals surface area contributed by atoms with E-state index in [9.17, 15) is 4.79 Å². The minimum Gasteiger partial charge on any atom is -0.306 e. The van der Waals surface area contributed by atoms with Crippen molar-refractivity contribution in [3.05, 3.63) is 0 Å². The van der Waals surface area contributed by atoms with Crippen molar-refractivity contribution in [3.8, 4) is 0 Å². The highest BCUT2D eigenvalue weighted by Crippen LogP contribution is 2.41. The number of nitrogens with zero attached hydrogens (tertiary/aromatic N) is 2. The lowest BCUT2D eigenvalue weighted by atomic mass is 9.85. The summed E-state index contributed by atoms with van der Waals surface area (Å²) >= 11 is 0. The fourth-order valence-electron chi connectivity index (χ4n) is 3.01. The zero-order chi connectivity index (χ0) is 9.26. The highest BCUT2D eigenvalue weighted by molar-refractivity contribution is 5.32. The molecule has 3 nitrogen and oxygen atoms in total. The van der Waals surface area contributed by atoms with Crippen molar-refractivity contribution in [2.75, 3.05) is 26.7 Å². The molecule has 0 aromatic heterocycles. The van der Waals surface area contributed by atoms with Crippen molar-refractivity contribution < 1.29 is 4.79 Å². The first kappa shape index (κ1) is 8.92. The lowest BCUT2D eigenvalue weighted by Gasteiger charge is -2.34. The summed E-state index contributed by atoms with van der Waals surface area (Å²) in [4.78, 5) is 16.2. The molecule has 2 rings (SSSR count). The molecule has 1 saturated carbocycles. The highest BCUT2D eigenvalue weighted by Gasteiger charge is 2.40. The van der Waals surface area contributed by atoms with Gasteiger partial charge in [0.25, 0.3) is 0 Å². The molecule has 0 N–H and O–H groups in total. The third-order valence-electron chi connectivity index (χ3n) is 3.58. The van der Waals surface area contributed by atoms with E-state index >= 15 is 0 Å². The van der Waals surface area contributed by atoms with Crippen LogP contribution in [0.25, 0.3) is 0 Å². The van der Waals surface area contributed by atoms with Crippen molar-refractivity contribution in [1.29, 1.82) is 0 Å². The van der Waals surface area contributed by atoms with E-state index < -0.39 is 0 Å². The fraction of sp³-hybridized carbons (Fsp3) is 0.900. The van der Waals surface area contributed by atoms with Crippen LogP contribution in [0.15, 0.2) is 4.99 Å². The van der Waals surface area contributed by atoms with Crippen LogP contribution in [0.4, 0.5) is 0 Å². The maximum absolute atomic E-state index is 10.0. The fourth-order valence-corrected chi connectivity index (χ4v) is 3.01. The van der Waals surface area contributed by atoms with Crippen molar-refractivity contribution in [3.63, 3.8) is 0 Å². The zero-order valence-electron chi connectivity index (χ0n) is 8.07. The van der Waals surface area contributed by atoms with Crippen LogP contribution in [-0.4, -0.2) is 37.7 Å². The van der Waals surface area contributed by atoms with Crippen LogP contribution in [0.1, 0.15) is 12.8 Å². The number of carbonyl (C=O) groups excluding carboxylic acids is 1. The quantitative estimate of drug-likeness (QED) is 0.467. The van der Waals surface area contributed by atoms with Crippen molar-refractivity contribution >= 4 is 6.08 Å². The summed E-state index contributed by atoms with van der Waals surface area (Å²) < 4.78 is 0. The Kier molecular flexibility index (Phi) is 2.47. The number of fused-ring (bicyclic) bond motifs is 2. The molecule has 0 aromatic rings. The number of isocyanates is 1. The van der Waals surface area contributed by atoms with Gasteiger partial charge in [0.15, 0.2) is 0 Å². The minimum atomic E-state index is 0.664. The molecule has 1 aliphatic heterocycles. The average Bonchev–Trinajstić information content (AvgIpc) is 2.33. The van der Waals surface area contributed by atoms with Crippen molar-refractivity contribution in [1.82, 2.24) is 4.90 Å². The van der Waals surface area contributed by atoms with Gasteiger partial charge in [-0.25, -0.2) is 9.79 Å². The van der Waals surface area contributed by atoms with Gasteiger partial charge in [-0.3, -0.25) is 0 Å². The second-order valence-corrected chi connectivity index (χ2v) is 4.41. The SMILES string of the molecule is CN1CC2CCC(C1)C2CN=C=O. The highest BCUT2D eigenvalue weighted by atomic mass is 16.1. The van der Waals surface area contributed by atoms with Gasteiger partial charge in [0.2, 0.25) is 6.08 Å². The van der Waals surface area contributed by atoms with Gasteiger partial charge in [0.1, 0.15) is 0 Å². The molecule has 1 aliphatic carbocycles. The third kappa shape index (κ3) is 1.67. The van der Waals surface area contributed by atoms with Gasteiger partial charge < -0.3 is 4.90 Å². The molecule has 1 heterocycles. The van der Waals surface area contributed by atoms with Crippen LogP contribution in [0, 0.1) is 17.8 Å². The van der Waals surface area contributed by atoms with Crippen molar-refractivity contribution in [2.45, 2.75) is 12.8 Å². The normalized spacial score (nSPS) is 38.7. The number of likely N-dealkylation sites (tertiary alicyclic amines) is 1. The molecule has 0 aromatic carbocycles. The molecule has 0 spiro atoms. The van der Waals surface area contributed by atoms with E-state index in [1.54, 1.807) is 6.08 Å². The Labute approximate surface area is 78.8 Å². The first-order chi connectivity index (χ1) is 6.31. The van der Waals surface area contributed by atoms with Crippen molar-refractivity contribution in [2.24, 2.45) is 22.7 Å². The number of piperidine rings is 1. The standard InChI is InChI=1S/C10H16N2O/c1-12-5-8-2-3-9(6-12)10(8)4-11-7-13/h8-10H,2-6H2,1H3. The molecule has 2 bridgehead atoms. The molecular weight excluding hydrogens is 164 g/mol. The maximum Gasteiger partial charge on any atom is 0.234 e. The van der Waals surface area contributed by atoms with Crippen LogP contribution in [-0.2, 0) is 4.79 Å². The molecule has 0 amide bonds. The minimum absolute atomic E-state index is 0.664. The van der Waals surface area contributed by atoms with Crippen LogP contribution in [0.5, 0.6) is 0 Å². The van der Waals surface area contributed by atoms with Gasteiger partial charge in [0.05, 0.1) is 6.54 Å². The number of aliphatic imine (C=N–C) groups is 1. The lowest BCUT2D eigenvalue weighted by Crippen LogP contribution is -2.40. The first-order valence-electron chi connectivity index (χ1n) is 5.03. The van der Waals surface area contributed by atoms with Gasteiger partial charge in [-0.2, -0.15) is 0 Å². The van der Waals surface area contributed by atoms with E-state index in [1.165, 1.54) is 25.9 Å². The molecule has 72 valence electrons. The molecule has 2 fully saturated rings. The van der Waals surface area contributed by atoms with Gasteiger partial charge in [-0.05, 0) is 37.6 Å². The Hall–Kier alpha value is -0.660. The van der Waals surface area contributed by atoms with Crippen LogP contribution < -0.4 is 0 Å². The average molecular weight is 180 g/mol. The van der Waals surface area contributed by atoms with E-state index in [-0.39, 0.29) is 0 Å². The molecule has 2 unspecified atom stereocenters. The molecule has 0 radical (unpaired) electrons. The molecule has 3 heteroatoms. The summed E-state index contributed by atoms with van der Waals surface area (Å²) in [6.45, 7) is 3.10. The third-order valence-corrected chi connectivity index (χ3v) is 3.58. The van der Waals surface area contributed by atoms with Gasteiger partial charge in [-0.15, -0.1) is 0 Å². The smallest absolute Gasteiger partial charge is 0.234 e. The second-order valence-electron chi connectivity index (χ2n) is 4.41. The van der Waals surface area contributed by atoms with Gasteiger partial charge >= 0.3 is 0 Å². The summed E-state index contributed by atoms with van der Waals surface area (Å²) in [6.07, 6.45) is 4.31. The van der Waals surface area contributed by atoms with Gasteiger partial charge in [-0.1, -0.05) is 0 Å². The van der Waals surface area contributed by atoms with Gasteiger partial charge in [0, 0.05) is 13.1 Å². The Morgan fingerprint density at radius 2 is 2.00 bits per heavy atom. The zero-order valence-corrected chi connectivity index (χ0v) is 8.07. The van der Waals surface area contributed by atoms with E-state index in [4.69, 9.17) is 0 Å². The maximum atomic E-state index is 10.0. The summed E-state index contributed by atoms with van der Waals surface area (Å²) in [7, 11) is 2.19. The Morgan fingerprint density at radius 1 is 1.38 bits per heavy atom. The number of rotatable bonds is 2. The predicted octanol–water partition coefficient (Wildman–Crippen LogP) is 0.910. The second kappa shape index (κ2) is 3.60. The molecule has 1 saturated heterocycles. The van der Waals surface area contributed by atoms with Crippen LogP contribution in [0.2, 0.25) is 0 Å². The van der Waals surface area contributed by atoms with Crippen LogP contribution in [0.3, 0.4) is 0 Å². The predicted molar refractivity (Wildman–Crippen MR) is 50.2 cm³/mol. The Morgan fingerprint density at radius 3 is 2.54 bits per heavy atom. The first-order valence-corrected chi connectivity index (χ1v) is 5.03. The van der Waals surface area contributed by atoms with E-state index in [0.29, 0.717) is 12.5 Å². The number of hydrogen-bond acceptors (Lipinski definition) is 3. The number of hydrogen-bond donors (Lipinski definition) is 0. The summed E-state index contributed by atoms with van der Waals surface area (Å²) in [5.74, 6) is 2.22. The van der Waals surface area contributed by atoms with E-state index in [0.717, 1.165) is 11.8 Å². The molecular formula is C10H16N2O. The molecule has 2 atom stereocenters. The summed E-state index contributed by atoms with van der Waals surface area (Å²) in [5.41, 5.74) is 0.